The molecule has 2 aromatic carbocycles. The number of fused-ring (bicyclic) bond motifs is 2. The highest BCUT2D eigenvalue weighted by Gasteiger charge is 2.34. The third-order valence-corrected chi connectivity index (χ3v) is 7.82. The molecular formula is C33H38N4O6. The molecule has 5 rings (SSSR count). The van der Waals surface area contributed by atoms with Crippen molar-refractivity contribution in [1.29, 1.82) is 0 Å². The number of carbonyl (C=O) groups excluding carboxylic acids is 2. The lowest BCUT2D eigenvalue weighted by atomic mass is 10.1. The van der Waals surface area contributed by atoms with Crippen molar-refractivity contribution in [3.05, 3.63) is 59.7 Å². The number of aliphatic imine (C=N–C) groups is 2. The van der Waals surface area contributed by atoms with Crippen LogP contribution in [0.25, 0.3) is 0 Å². The van der Waals surface area contributed by atoms with Crippen molar-refractivity contribution in [2.45, 2.75) is 45.2 Å². The van der Waals surface area contributed by atoms with Gasteiger partial charge in [0, 0.05) is 51.0 Å². The summed E-state index contributed by atoms with van der Waals surface area (Å²) in [5, 5.41) is 0. The molecule has 0 aliphatic carbocycles. The molecule has 3 aliphatic heterocycles. The summed E-state index contributed by atoms with van der Waals surface area (Å²) in [5.74, 6) is 2.07. The van der Waals surface area contributed by atoms with Crippen LogP contribution in [0.5, 0.6) is 23.0 Å². The molecule has 0 saturated carbocycles. The molecule has 0 N–H and O–H groups in total. The maximum absolute atomic E-state index is 13.2. The van der Waals surface area contributed by atoms with Crippen LogP contribution in [0.2, 0.25) is 0 Å². The number of nitrogens with zero attached hydrogens (tertiary/aromatic N) is 4. The van der Waals surface area contributed by atoms with Crippen LogP contribution < -0.4 is 18.9 Å². The van der Waals surface area contributed by atoms with E-state index < -0.39 is 0 Å². The number of rotatable bonds is 10. The number of methoxy groups -OCH3 is 2. The maximum Gasteiger partial charge on any atom is 0.257 e. The number of likely N-dealkylation sites (tertiary alicyclic amines) is 1. The van der Waals surface area contributed by atoms with Crippen LogP contribution in [-0.4, -0.2) is 86.6 Å². The third-order valence-electron chi connectivity index (χ3n) is 7.82. The monoisotopic (exact) mass is 586 g/mol. The number of hydrogen-bond donors (Lipinski definition) is 0. The lowest BCUT2D eigenvalue weighted by molar-refractivity contribution is -0.128. The van der Waals surface area contributed by atoms with Gasteiger partial charge in [0.2, 0.25) is 5.91 Å². The highest BCUT2D eigenvalue weighted by molar-refractivity contribution is 6.03. The molecule has 2 amide bonds. The van der Waals surface area contributed by atoms with Gasteiger partial charge in [-0.2, -0.15) is 0 Å². The van der Waals surface area contributed by atoms with Crippen LogP contribution in [-0.2, 0) is 4.79 Å². The summed E-state index contributed by atoms with van der Waals surface area (Å²) in [6.45, 7) is 13.4. The average Bonchev–Trinajstić information content (AvgIpc) is 3.53. The van der Waals surface area contributed by atoms with Gasteiger partial charge in [0.05, 0.1) is 56.5 Å². The lowest BCUT2D eigenvalue weighted by Crippen LogP contribution is -2.35. The molecule has 2 unspecified atom stereocenters. The van der Waals surface area contributed by atoms with Crippen LogP contribution in [0.15, 0.2) is 58.6 Å². The zero-order valence-electron chi connectivity index (χ0n) is 25.2. The second kappa shape index (κ2) is 12.7. The molecule has 2 saturated heterocycles. The molecule has 0 aromatic heterocycles. The molecule has 2 atom stereocenters. The van der Waals surface area contributed by atoms with Crippen molar-refractivity contribution in [2.24, 2.45) is 9.98 Å². The molecule has 2 aromatic rings. The van der Waals surface area contributed by atoms with E-state index in [1.165, 1.54) is 0 Å². The van der Waals surface area contributed by atoms with E-state index in [1.54, 1.807) is 49.3 Å². The zero-order chi connectivity index (χ0) is 30.7. The van der Waals surface area contributed by atoms with Crippen molar-refractivity contribution in [2.75, 3.05) is 40.5 Å². The molecule has 0 radical (unpaired) electrons. The van der Waals surface area contributed by atoms with E-state index in [1.807, 2.05) is 25.3 Å². The molecule has 10 heteroatoms. The van der Waals surface area contributed by atoms with Crippen molar-refractivity contribution in [1.82, 2.24) is 9.80 Å². The lowest BCUT2D eigenvalue weighted by Gasteiger charge is -2.20. The Morgan fingerprint density at radius 2 is 1.67 bits per heavy atom. The predicted molar refractivity (Wildman–Crippen MR) is 166 cm³/mol. The maximum atomic E-state index is 13.2. The normalized spacial score (nSPS) is 19.5. The summed E-state index contributed by atoms with van der Waals surface area (Å²) in [6, 6.07) is 6.99. The Morgan fingerprint density at radius 1 is 1.00 bits per heavy atom. The van der Waals surface area contributed by atoms with Crippen molar-refractivity contribution in [3.63, 3.8) is 0 Å². The summed E-state index contributed by atoms with van der Waals surface area (Å²) < 4.78 is 23.2. The summed E-state index contributed by atoms with van der Waals surface area (Å²) >= 11 is 0. The summed E-state index contributed by atoms with van der Waals surface area (Å²) in [5.41, 5.74) is 4.74. The minimum atomic E-state index is -0.112. The van der Waals surface area contributed by atoms with Crippen molar-refractivity contribution < 1.29 is 28.5 Å². The van der Waals surface area contributed by atoms with Crippen molar-refractivity contribution in [3.8, 4) is 23.0 Å². The molecule has 0 spiro atoms. The molecule has 3 aliphatic rings. The Labute approximate surface area is 252 Å². The van der Waals surface area contributed by atoms with E-state index in [2.05, 4.69) is 23.1 Å². The standard InChI is InChI=1S/C33H38N4O6/c1-20-10-24(36(18-20)23(4)38)16-34-27-14-31(29(40-5)12-22(27)3)42-8-7-9-43-32-15-28-26(13-30(32)41-6)33(39)37-19-21(2)11-25(37)17-35-28/h12-17,24-25H,1-2,7-11,18-19H2,3-6H3. The highest BCUT2D eigenvalue weighted by atomic mass is 16.5. The first kappa shape index (κ1) is 29.9. The summed E-state index contributed by atoms with van der Waals surface area (Å²) in [6.07, 6.45) is 5.61. The van der Waals surface area contributed by atoms with Gasteiger partial charge in [0.25, 0.3) is 5.91 Å². The smallest absolute Gasteiger partial charge is 0.257 e. The number of ether oxygens (including phenoxy) is 4. The zero-order valence-corrected chi connectivity index (χ0v) is 25.2. The largest absolute Gasteiger partial charge is 0.493 e. The van der Waals surface area contributed by atoms with Crippen LogP contribution in [0.4, 0.5) is 11.4 Å². The topological polar surface area (TPSA) is 102 Å². The number of aryl methyl sites for hydroxylation is 1. The minimum Gasteiger partial charge on any atom is -0.493 e. The predicted octanol–water partition coefficient (Wildman–Crippen LogP) is 5.23. The Morgan fingerprint density at radius 3 is 2.37 bits per heavy atom. The average molecular weight is 587 g/mol. The molecule has 10 nitrogen and oxygen atoms in total. The van der Waals surface area contributed by atoms with E-state index in [4.69, 9.17) is 18.9 Å². The third kappa shape index (κ3) is 6.43. The van der Waals surface area contributed by atoms with Crippen molar-refractivity contribution >= 4 is 35.6 Å². The number of hydrogen-bond acceptors (Lipinski definition) is 8. The van der Waals surface area contributed by atoms with Gasteiger partial charge in [0.15, 0.2) is 23.0 Å². The van der Waals surface area contributed by atoms with Gasteiger partial charge in [-0.1, -0.05) is 24.3 Å². The minimum absolute atomic E-state index is 0.00411. The Bertz CT molecular complexity index is 1510. The molecule has 3 heterocycles. The first-order valence-electron chi connectivity index (χ1n) is 14.3. The fourth-order valence-corrected chi connectivity index (χ4v) is 5.56. The van der Waals surface area contributed by atoms with Crippen LogP contribution in [0, 0.1) is 6.92 Å². The van der Waals surface area contributed by atoms with Crippen LogP contribution in [0.1, 0.15) is 42.1 Å². The van der Waals surface area contributed by atoms with Gasteiger partial charge in [-0.15, -0.1) is 0 Å². The van der Waals surface area contributed by atoms with E-state index in [0.29, 0.717) is 73.4 Å². The number of benzene rings is 2. The first-order chi connectivity index (χ1) is 20.7. The van der Waals surface area contributed by atoms with Gasteiger partial charge in [0.1, 0.15) is 0 Å². The summed E-state index contributed by atoms with van der Waals surface area (Å²) in [7, 11) is 3.15. The van der Waals surface area contributed by atoms with E-state index in [9.17, 15) is 9.59 Å². The molecule has 0 bridgehead atoms. The van der Waals surface area contributed by atoms with Gasteiger partial charge < -0.3 is 28.7 Å². The van der Waals surface area contributed by atoms with Crippen LogP contribution >= 0.6 is 0 Å². The fraction of sp³-hybridized carbons (Fsp3) is 0.394. The van der Waals surface area contributed by atoms with Gasteiger partial charge in [-0.05, 0) is 37.5 Å². The fourth-order valence-electron chi connectivity index (χ4n) is 5.56. The van der Waals surface area contributed by atoms with E-state index in [0.717, 1.165) is 28.8 Å². The molecule has 226 valence electrons. The first-order valence-corrected chi connectivity index (χ1v) is 14.3. The molecule has 2 fully saturated rings. The number of carbonyl (C=O) groups is 2. The summed E-state index contributed by atoms with van der Waals surface area (Å²) in [4.78, 5) is 38.0. The Hall–Kier alpha value is -4.60. The highest BCUT2D eigenvalue weighted by Crippen LogP contribution is 2.39. The second-order valence-corrected chi connectivity index (χ2v) is 11.0. The SMILES string of the molecule is C=C1CC(C=Nc2cc(OCCCOc3cc4c(cc3OC)C(=O)N3CC(=C)CC3C=N4)c(OC)cc2C)N(C(C)=O)C1. The quantitative estimate of drug-likeness (QED) is 0.215. The Balaban J connectivity index is 1.22. The van der Waals surface area contributed by atoms with Gasteiger partial charge in [-0.3, -0.25) is 19.6 Å². The van der Waals surface area contributed by atoms with E-state index in [-0.39, 0.29) is 23.9 Å². The molecule has 43 heavy (non-hydrogen) atoms. The number of amides is 2. The van der Waals surface area contributed by atoms with E-state index >= 15 is 0 Å². The Kier molecular flexibility index (Phi) is 8.84. The van der Waals surface area contributed by atoms with Gasteiger partial charge >= 0.3 is 0 Å². The second-order valence-electron chi connectivity index (χ2n) is 11.0. The van der Waals surface area contributed by atoms with Gasteiger partial charge in [-0.25, -0.2) is 0 Å². The molecular weight excluding hydrogens is 548 g/mol. The van der Waals surface area contributed by atoms with Crippen LogP contribution in [0.3, 0.4) is 0 Å².